The number of rotatable bonds is 2. The summed E-state index contributed by atoms with van der Waals surface area (Å²) in [6.45, 7) is 5.13. The van der Waals surface area contributed by atoms with Crippen LogP contribution in [0.4, 0.5) is 0 Å². The van der Waals surface area contributed by atoms with Crippen LogP contribution in [0.25, 0.3) is 0 Å². The van der Waals surface area contributed by atoms with Crippen molar-refractivity contribution in [3.05, 3.63) is 35.6 Å². The van der Waals surface area contributed by atoms with Gasteiger partial charge >= 0.3 is 0 Å². The highest BCUT2D eigenvalue weighted by Gasteiger charge is 1.79. The average Bonchev–Trinajstić information content (AvgIpc) is 1.83. The van der Waals surface area contributed by atoms with Crippen molar-refractivity contribution in [3.8, 4) is 0 Å². The fraction of sp³-hybridized carbons (Fsp3) is 0.143. The molecule has 0 aromatic carbocycles. The Hall–Kier alpha value is -0.690. The Labute approximate surface area is 60.0 Å². The molecule has 0 saturated heterocycles. The van der Waals surface area contributed by atoms with Gasteiger partial charge in [0.15, 0.2) is 0 Å². The van der Waals surface area contributed by atoms with Crippen LogP contribution < -0.4 is 0 Å². The summed E-state index contributed by atoms with van der Waals surface area (Å²) < 4.78 is 0. The largest absolute Gasteiger partial charge is 0.508 e. The Morgan fingerprint density at radius 2 is 2.11 bits per heavy atom. The van der Waals surface area contributed by atoms with Gasteiger partial charge in [-0.2, -0.15) is 0 Å². The summed E-state index contributed by atoms with van der Waals surface area (Å²) in [5.74, 6) is 0.191. The minimum atomic E-state index is 0.191. The maximum Gasteiger partial charge on any atom is 0.111 e. The summed E-state index contributed by atoms with van der Waals surface area (Å²) in [7, 11) is 0. The van der Waals surface area contributed by atoms with Crippen molar-refractivity contribution >= 4 is 11.6 Å². The zero-order valence-electron chi connectivity index (χ0n) is 5.26. The van der Waals surface area contributed by atoms with Crippen molar-refractivity contribution in [2.75, 3.05) is 0 Å². The van der Waals surface area contributed by atoms with Crippen LogP contribution in [0.5, 0.6) is 0 Å². The zero-order chi connectivity index (χ0) is 7.28. The predicted molar refractivity (Wildman–Crippen MR) is 40.5 cm³/mol. The second-order valence-corrected chi connectivity index (χ2v) is 1.98. The highest BCUT2D eigenvalue weighted by atomic mass is 35.5. The first kappa shape index (κ1) is 8.31. The fourth-order valence-corrected chi connectivity index (χ4v) is 0.335. The fourth-order valence-electron chi connectivity index (χ4n) is 0.272. The van der Waals surface area contributed by atoms with Gasteiger partial charge < -0.3 is 5.11 Å². The van der Waals surface area contributed by atoms with Gasteiger partial charge in [0.05, 0.1) is 0 Å². The molecule has 0 fully saturated rings. The van der Waals surface area contributed by atoms with Crippen LogP contribution in [-0.2, 0) is 0 Å². The molecule has 0 aromatic rings. The van der Waals surface area contributed by atoms with Crippen molar-refractivity contribution in [1.82, 2.24) is 0 Å². The Morgan fingerprint density at radius 1 is 1.56 bits per heavy atom. The lowest BCUT2D eigenvalue weighted by Crippen LogP contribution is -1.69. The van der Waals surface area contributed by atoms with Gasteiger partial charge in [0.25, 0.3) is 0 Å². The average molecular weight is 145 g/mol. The number of aliphatic hydroxyl groups is 1. The molecule has 2 heteroatoms. The van der Waals surface area contributed by atoms with E-state index in [1.807, 2.05) is 0 Å². The molecule has 0 bridgehead atoms. The van der Waals surface area contributed by atoms with E-state index in [2.05, 4.69) is 6.58 Å². The summed E-state index contributed by atoms with van der Waals surface area (Å²) in [6, 6.07) is 0. The van der Waals surface area contributed by atoms with Crippen LogP contribution >= 0.6 is 11.6 Å². The Kier molecular flexibility index (Phi) is 3.89. The number of halogens is 1. The minimum Gasteiger partial charge on any atom is -0.508 e. The summed E-state index contributed by atoms with van der Waals surface area (Å²) >= 11 is 5.36. The van der Waals surface area contributed by atoms with E-state index in [1.54, 1.807) is 13.0 Å². The van der Waals surface area contributed by atoms with Gasteiger partial charge in [0.1, 0.15) is 5.76 Å². The van der Waals surface area contributed by atoms with Crippen molar-refractivity contribution < 1.29 is 5.11 Å². The second-order valence-electron chi connectivity index (χ2n) is 1.49. The van der Waals surface area contributed by atoms with E-state index in [0.29, 0.717) is 5.03 Å². The lowest BCUT2D eigenvalue weighted by atomic mass is 10.4. The molecule has 0 spiro atoms. The summed E-state index contributed by atoms with van der Waals surface area (Å²) in [5.41, 5.74) is 0. The number of hydrogen-bond acceptors (Lipinski definition) is 1. The SMILES string of the molecule is C=C(Cl)/C=C\C(O)=C/C. The lowest BCUT2D eigenvalue weighted by molar-refractivity contribution is 0.431. The molecule has 1 N–H and O–H groups in total. The molecule has 0 amide bonds. The van der Waals surface area contributed by atoms with E-state index < -0.39 is 0 Å². The minimum absolute atomic E-state index is 0.191. The molecule has 50 valence electrons. The Balaban J connectivity index is 3.86. The molecule has 1 nitrogen and oxygen atoms in total. The van der Waals surface area contributed by atoms with Crippen LogP contribution in [-0.4, -0.2) is 5.11 Å². The third-order valence-corrected chi connectivity index (χ3v) is 0.857. The van der Waals surface area contributed by atoms with Crippen LogP contribution in [0.2, 0.25) is 0 Å². The van der Waals surface area contributed by atoms with Gasteiger partial charge in [-0.3, -0.25) is 0 Å². The van der Waals surface area contributed by atoms with Crippen molar-refractivity contribution in [2.24, 2.45) is 0 Å². The molecule has 0 aliphatic carbocycles. The molecule has 0 atom stereocenters. The molecule has 0 radical (unpaired) electrons. The standard InChI is InChI=1S/C7H9ClO/c1-3-7(9)5-4-6(2)8/h3-5,9H,2H2,1H3/b5-4-,7-3+. The predicted octanol–water partition coefficient (Wildman–Crippen LogP) is 2.76. The van der Waals surface area contributed by atoms with Crippen molar-refractivity contribution in [1.29, 1.82) is 0 Å². The molecule has 0 saturated carbocycles. The summed E-state index contributed by atoms with van der Waals surface area (Å²) in [5, 5.41) is 9.19. The Bertz CT molecular complexity index is 156. The van der Waals surface area contributed by atoms with E-state index >= 15 is 0 Å². The highest BCUT2D eigenvalue weighted by molar-refractivity contribution is 6.30. The maximum absolute atomic E-state index is 8.78. The highest BCUT2D eigenvalue weighted by Crippen LogP contribution is 2.00. The van der Waals surface area contributed by atoms with Gasteiger partial charge in [-0.25, -0.2) is 0 Å². The maximum atomic E-state index is 8.78. The molecular formula is C7H9ClO. The molecule has 0 aliphatic heterocycles. The molecule has 9 heavy (non-hydrogen) atoms. The van der Waals surface area contributed by atoms with E-state index in [0.717, 1.165) is 0 Å². The first-order chi connectivity index (χ1) is 4.16. The normalized spacial score (nSPS) is 12.4. The third kappa shape index (κ3) is 5.18. The first-order valence-electron chi connectivity index (χ1n) is 2.54. The van der Waals surface area contributed by atoms with E-state index in [1.165, 1.54) is 12.2 Å². The number of aliphatic hydroxyl groups excluding tert-OH is 1. The monoisotopic (exact) mass is 144 g/mol. The molecule has 0 aliphatic rings. The van der Waals surface area contributed by atoms with Gasteiger partial charge in [-0.1, -0.05) is 18.2 Å². The van der Waals surface area contributed by atoms with E-state index in [-0.39, 0.29) is 5.76 Å². The molecular weight excluding hydrogens is 136 g/mol. The van der Waals surface area contributed by atoms with Gasteiger partial charge in [-0.15, -0.1) is 0 Å². The van der Waals surface area contributed by atoms with Crippen LogP contribution in [0.3, 0.4) is 0 Å². The van der Waals surface area contributed by atoms with Crippen LogP contribution in [0, 0.1) is 0 Å². The molecule has 0 rings (SSSR count). The molecule has 0 aromatic heterocycles. The lowest BCUT2D eigenvalue weighted by Gasteiger charge is -1.85. The van der Waals surface area contributed by atoms with Gasteiger partial charge in [0.2, 0.25) is 0 Å². The number of allylic oxidation sites excluding steroid dienone is 4. The molecule has 0 unspecified atom stereocenters. The van der Waals surface area contributed by atoms with Crippen molar-refractivity contribution in [2.45, 2.75) is 6.92 Å². The van der Waals surface area contributed by atoms with E-state index in [9.17, 15) is 0 Å². The van der Waals surface area contributed by atoms with Gasteiger partial charge in [0, 0.05) is 5.03 Å². The van der Waals surface area contributed by atoms with E-state index in [4.69, 9.17) is 16.7 Å². The number of hydrogen-bond donors (Lipinski definition) is 1. The molecule has 0 heterocycles. The van der Waals surface area contributed by atoms with Crippen LogP contribution in [0.1, 0.15) is 6.92 Å². The Morgan fingerprint density at radius 3 is 2.44 bits per heavy atom. The van der Waals surface area contributed by atoms with Crippen LogP contribution in [0.15, 0.2) is 35.6 Å². The third-order valence-electron chi connectivity index (χ3n) is 0.731. The zero-order valence-corrected chi connectivity index (χ0v) is 6.02. The first-order valence-corrected chi connectivity index (χ1v) is 2.92. The summed E-state index contributed by atoms with van der Waals surface area (Å²) in [6.07, 6.45) is 4.57. The second kappa shape index (κ2) is 4.21. The van der Waals surface area contributed by atoms with Gasteiger partial charge in [-0.05, 0) is 25.2 Å². The van der Waals surface area contributed by atoms with Crippen molar-refractivity contribution in [3.63, 3.8) is 0 Å². The topological polar surface area (TPSA) is 20.2 Å². The quantitative estimate of drug-likeness (QED) is 0.467. The smallest absolute Gasteiger partial charge is 0.111 e. The summed E-state index contributed by atoms with van der Waals surface area (Å²) in [4.78, 5) is 0.